The molecular formula is C23H34N4O5. The first-order chi connectivity index (χ1) is 15.3. The van der Waals surface area contributed by atoms with E-state index < -0.39 is 0 Å². The lowest BCUT2D eigenvalue weighted by Gasteiger charge is -2.42. The van der Waals surface area contributed by atoms with Crippen molar-refractivity contribution in [3.05, 3.63) is 23.8 Å². The average molecular weight is 447 g/mol. The smallest absolute Gasteiger partial charge is 0.319 e. The third kappa shape index (κ3) is 5.91. The van der Waals surface area contributed by atoms with Crippen molar-refractivity contribution in [2.75, 3.05) is 25.5 Å². The van der Waals surface area contributed by atoms with Gasteiger partial charge >= 0.3 is 6.03 Å². The number of rotatable bonds is 6. The van der Waals surface area contributed by atoms with Gasteiger partial charge in [0, 0.05) is 25.3 Å². The summed E-state index contributed by atoms with van der Waals surface area (Å²) in [5, 5.41) is 8.39. The fraction of sp³-hybridized carbons (Fsp3) is 0.609. The zero-order chi connectivity index (χ0) is 23.3. The van der Waals surface area contributed by atoms with Gasteiger partial charge in [0.2, 0.25) is 5.91 Å². The van der Waals surface area contributed by atoms with Crippen molar-refractivity contribution in [2.45, 2.75) is 70.7 Å². The number of nitrogens with zero attached hydrogens (tertiary/aromatic N) is 1. The molecule has 0 unspecified atom stereocenters. The van der Waals surface area contributed by atoms with E-state index in [2.05, 4.69) is 16.0 Å². The van der Waals surface area contributed by atoms with Gasteiger partial charge in [-0.25, -0.2) is 4.79 Å². The van der Waals surface area contributed by atoms with Crippen molar-refractivity contribution in [1.29, 1.82) is 0 Å². The number of ether oxygens (including phenoxy) is 2. The van der Waals surface area contributed by atoms with Crippen LogP contribution in [0.4, 0.5) is 10.5 Å². The molecule has 2 aliphatic heterocycles. The zero-order valence-electron chi connectivity index (χ0n) is 19.3. The molecule has 4 amide bonds. The van der Waals surface area contributed by atoms with E-state index in [-0.39, 0.29) is 48.7 Å². The van der Waals surface area contributed by atoms with Crippen LogP contribution in [0.2, 0.25) is 0 Å². The van der Waals surface area contributed by atoms with Crippen LogP contribution in [0.5, 0.6) is 5.75 Å². The van der Waals surface area contributed by atoms with Crippen molar-refractivity contribution in [2.24, 2.45) is 0 Å². The topological polar surface area (TPSA) is 109 Å². The van der Waals surface area contributed by atoms with E-state index in [0.29, 0.717) is 36.4 Å². The van der Waals surface area contributed by atoms with Crippen LogP contribution in [-0.4, -0.2) is 67.2 Å². The Morgan fingerprint density at radius 2 is 2.03 bits per heavy atom. The summed E-state index contributed by atoms with van der Waals surface area (Å²) in [6, 6.07) is 4.55. The van der Waals surface area contributed by atoms with Gasteiger partial charge < -0.3 is 30.3 Å². The molecule has 0 radical (unpaired) electrons. The average Bonchev–Trinajstić information content (AvgIpc) is 2.74. The summed E-state index contributed by atoms with van der Waals surface area (Å²) in [6.07, 6.45) is 2.12. The Labute approximate surface area is 189 Å². The van der Waals surface area contributed by atoms with Crippen molar-refractivity contribution < 1.29 is 23.9 Å². The molecule has 9 nitrogen and oxygen atoms in total. The minimum atomic E-state index is -0.331. The highest BCUT2D eigenvalue weighted by molar-refractivity contribution is 5.99. The van der Waals surface area contributed by atoms with E-state index in [9.17, 15) is 14.4 Å². The van der Waals surface area contributed by atoms with Crippen molar-refractivity contribution >= 4 is 23.5 Å². The van der Waals surface area contributed by atoms with E-state index in [1.54, 1.807) is 30.1 Å². The van der Waals surface area contributed by atoms with Crippen LogP contribution in [0.1, 0.15) is 56.8 Å². The molecule has 3 atom stereocenters. The number of likely N-dealkylation sites (N-methyl/N-ethyl adjacent to an activating group) is 1. The summed E-state index contributed by atoms with van der Waals surface area (Å²) in [4.78, 5) is 39.0. The van der Waals surface area contributed by atoms with Gasteiger partial charge in [0.1, 0.15) is 18.5 Å². The lowest BCUT2D eigenvalue weighted by molar-refractivity contribution is -0.134. The molecule has 1 aromatic carbocycles. The fourth-order valence-electron chi connectivity index (χ4n) is 4.08. The van der Waals surface area contributed by atoms with Crippen LogP contribution in [0, 0.1) is 0 Å². The maximum atomic E-state index is 13.2. The van der Waals surface area contributed by atoms with Crippen molar-refractivity contribution in [3.8, 4) is 5.75 Å². The Bertz CT molecular complexity index is 844. The highest BCUT2D eigenvalue weighted by Crippen LogP contribution is 2.32. The minimum absolute atomic E-state index is 0.000203. The first-order valence-electron chi connectivity index (χ1n) is 11.3. The molecule has 1 aromatic rings. The number of carbonyl (C=O) groups excluding carboxylic acids is 3. The first kappa shape index (κ1) is 23.8. The highest BCUT2D eigenvalue weighted by Gasteiger charge is 2.39. The summed E-state index contributed by atoms with van der Waals surface area (Å²) in [6.45, 7) is 6.69. The number of fused-ring (bicyclic) bond motifs is 2. The Kier molecular flexibility index (Phi) is 7.95. The third-order valence-corrected chi connectivity index (χ3v) is 5.67. The molecule has 9 heteroatoms. The number of nitrogens with one attached hydrogen (secondary N) is 3. The van der Waals surface area contributed by atoms with Crippen LogP contribution in [0.15, 0.2) is 18.2 Å². The Morgan fingerprint density at radius 3 is 2.75 bits per heavy atom. The minimum Gasteiger partial charge on any atom is -0.490 e. The normalized spacial score (nSPS) is 22.7. The van der Waals surface area contributed by atoms with Gasteiger partial charge in [0.05, 0.1) is 24.1 Å². The number of hydrogen-bond donors (Lipinski definition) is 3. The quantitative estimate of drug-likeness (QED) is 0.622. The van der Waals surface area contributed by atoms with E-state index in [4.69, 9.17) is 9.47 Å². The molecule has 0 bridgehead atoms. The second-order valence-corrected chi connectivity index (χ2v) is 8.69. The van der Waals surface area contributed by atoms with Crippen molar-refractivity contribution in [3.63, 3.8) is 0 Å². The summed E-state index contributed by atoms with van der Waals surface area (Å²) in [7, 11) is 1.76. The molecule has 176 valence electrons. The molecule has 3 rings (SSSR count). The second-order valence-electron chi connectivity index (χ2n) is 8.69. The molecule has 2 heterocycles. The number of urea groups is 1. The number of hydrogen-bond acceptors (Lipinski definition) is 5. The van der Waals surface area contributed by atoms with Crippen LogP contribution in [0.25, 0.3) is 0 Å². The van der Waals surface area contributed by atoms with Gasteiger partial charge in [0.15, 0.2) is 0 Å². The lowest BCUT2D eigenvalue weighted by atomic mass is 9.94. The van der Waals surface area contributed by atoms with Gasteiger partial charge in [-0.05, 0) is 51.3 Å². The SMILES string of the molecule is CCCNC(=O)C[C@@H]1CC[C@@H]2[C@H](COc3ccc(NC(=O)NC(C)C)cc3C(=O)N2C)O1. The van der Waals surface area contributed by atoms with Crippen LogP contribution in [0.3, 0.4) is 0 Å². The second kappa shape index (κ2) is 10.7. The maximum Gasteiger partial charge on any atom is 0.319 e. The number of amides is 4. The predicted octanol–water partition coefficient (Wildman–Crippen LogP) is 2.51. The number of carbonyl (C=O) groups is 3. The summed E-state index contributed by atoms with van der Waals surface area (Å²) in [5.74, 6) is 0.241. The Hall–Kier alpha value is -2.81. The fourth-order valence-corrected chi connectivity index (χ4v) is 4.08. The number of benzene rings is 1. The van der Waals surface area contributed by atoms with Gasteiger partial charge in [-0.1, -0.05) is 6.92 Å². The molecular weight excluding hydrogens is 412 g/mol. The molecule has 0 saturated carbocycles. The summed E-state index contributed by atoms with van der Waals surface area (Å²) >= 11 is 0. The molecule has 0 spiro atoms. The number of anilines is 1. The zero-order valence-corrected chi connectivity index (χ0v) is 19.3. The van der Waals surface area contributed by atoms with Crippen molar-refractivity contribution in [1.82, 2.24) is 15.5 Å². The molecule has 2 aliphatic rings. The van der Waals surface area contributed by atoms with E-state index in [0.717, 1.165) is 12.8 Å². The van der Waals surface area contributed by atoms with E-state index in [1.807, 2.05) is 20.8 Å². The van der Waals surface area contributed by atoms with Gasteiger partial charge in [0.25, 0.3) is 5.91 Å². The van der Waals surface area contributed by atoms with E-state index in [1.165, 1.54) is 0 Å². The third-order valence-electron chi connectivity index (χ3n) is 5.67. The van der Waals surface area contributed by atoms with Crippen LogP contribution >= 0.6 is 0 Å². The van der Waals surface area contributed by atoms with E-state index >= 15 is 0 Å². The molecule has 1 fully saturated rings. The lowest BCUT2D eigenvalue weighted by Crippen LogP contribution is -2.54. The standard InChI is InChI=1S/C23H34N4O5/c1-5-10-24-21(28)12-16-7-8-18-20(32-16)13-31-19-9-6-15(26-23(30)25-14(2)3)11-17(19)22(29)27(18)4/h6,9,11,14,16,18,20H,5,7-8,10,12-13H2,1-4H3,(H,24,28)(H2,25,26,30)/t16-,18+,20-/m0/s1. The summed E-state index contributed by atoms with van der Waals surface area (Å²) in [5.41, 5.74) is 0.914. The monoisotopic (exact) mass is 446 g/mol. The van der Waals surface area contributed by atoms with Gasteiger partial charge in [-0.15, -0.1) is 0 Å². The van der Waals surface area contributed by atoms with Crippen LogP contribution < -0.4 is 20.7 Å². The molecule has 0 aliphatic carbocycles. The first-order valence-corrected chi connectivity index (χ1v) is 11.3. The predicted molar refractivity (Wildman–Crippen MR) is 121 cm³/mol. The molecule has 1 saturated heterocycles. The van der Waals surface area contributed by atoms with Gasteiger partial charge in [-0.2, -0.15) is 0 Å². The largest absolute Gasteiger partial charge is 0.490 e. The summed E-state index contributed by atoms with van der Waals surface area (Å²) < 4.78 is 12.1. The van der Waals surface area contributed by atoms with Crippen LogP contribution in [-0.2, 0) is 9.53 Å². The van der Waals surface area contributed by atoms with Gasteiger partial charge in [-0.3, -0.25) is 9.59 Å². The Morgan fingerprint density at radius 1 is 1.25 bits per heavy atom. The molecule has 0 aromatic heterocycles. The highest BCUT2D eigenvalue weighted by atomic mass is 16.5. The Balaban J connectivity index is 1.70. The molecule has 32 heavy (non-hydrogen) atoms. The maximum absolute atomic E-state index is 13.2. The molecule has 3 N–H and O–H groups in total.